The number of nitrogens with zero attached hydrogens (tertiary/aromatic N) is 1. The summed E-state index contributed by atoms with van der Waals surface area (Å²) in [7, 11) is 0. The number of hydrogen-bond acceptors (Lipinski definition) is 3. The molecule has 0 fully saturated rings. The molecule has 0 saturated heterocycles. The summed E-state index contributed by atoms with van der Waals surface area (Å²) in [4.78, 5) is 11.8. The Labute approximate surface area is 125 Å². The van der Waals surface area contributed by atoms with Crippen LogP contribution < -0.4 is 5.43 Å². The normalized spacial score (nSPS) is 10.7. The van der Waals surface area contributed by atoms with Gasteiger partial charge in [-0.3, -0.25) is 4.79 Å². The van der Waals surface area contributed by atoms with E-state index in [-0.39, 0.29) is 11.3 Å². The molecule has 2 rings (SSSR count). The van der Waals surface area contributed by atoms with Crippen molar-refractivity contribution in [2.24, 2.45) is 5.10 Å². The van der Waals surface area contributed by atoms with Crippen LogP contribution in [0.15, 0.2) is 47.6 Å². The summed E-state index contributed by atoms with van der Waals surface area (Å²) in [5, 5.41) is 14.3. The van der Waals surface area contributed by atoms with Crippen LogP contribution >= 0.6 is 23.2 Å². The molecule has 4 nitrogen and oxygen atoms in total. The van der Waals surface area contributed by atoms with E-state index in [1.165, 1.54) is 24.4 Å². The third-order valence-electron chi connectivity index (χ3n) is 2.43. The Balaban J connectivity index is 2.07. The molecule has 1 amide bonds. The van der Waals surface area contributed by atoms with Gasteiger partial charge in [-0.2, -0.15) is 5.10 Å². The lowest BCUT2D eigenvalue weighted by Crippen LogP contribution is -2.17. The summed E-state index contributed by atoms with van der Waals surface area (Å²) < 4.78 is 0. The van der Waals surface area contributed by atoms with Crippen LogP contribution in [0.5, 0.6) is 5.75 Å². The first kappa shape index (κ1) is 14.4. The Morgan fingerprint density at radius 1 is 1.15 bits per heavy atom. The lowest BCUT2D eigenvalue weighted by Gasteiger charge is -2.03. The van der Waals surface area contributed by atoms with Crippen LogP contribution in [-0.2, 0) is 0 Å². The number of benzene rings is 2. The fourth-order valence-corrected chi connectivity index (χ4v) is 1.87. The Morgan fingerprint density at radius 3 is 2.65 bits per heavy atom. The Morgan fingerprint density at radius 2 is 1.90 bits per heavy atom. The van der Waals surface area contributed by atoms with Crippen LogP contribution in [0.2, 0.25) is 10.0 Å². The van der Waals surface area contributed by atoms with Crippen molar-refractivity contribution in [1.29, 1.82) is 0 Å². The number of hydrogen-bond donors (Lipinski definition) is 2. The van der Waals surface area contributed by atoms with E-state index in [0.29, 0.717) is 10.0 Å². The van der Waals surface area contributed by atoms with Gasteiger partial charge in [-0.05, 0) is 35.9 Å². The zero-order valence-corrected chi connectivity index (χ0v) is 11.7. The summed E-state index contributed by atoms with van der Waals surface area (Å²) in [5.74, 6) is -0.715. The molecule has 2 aromatic carbocycles. The molecule has 0 heterocycles. The molecule has 0 aromatic heterocycles. The van der Waals surface area contributed by atoms with Crippen molar-refractivity contribution in [3.05, 3.63) is 63.6 Å². The number of phenols is 1. The van der Waals surface area contributed by atoms with Crippen molar-refractivity contribution in [3.63, 3.8) is 0 Å². The van der Waals surface area contributed by atoms with Crippen LogP contribution in [-0.4, -0.2) is 17.2 Å². The molecule has 0 radical (unpaired) electrons. The second-order valence-electron chi connectivity index (χ2n) is 3.92. The van der Waals surface area contributed by atoms with E-state index in [1.54, 1.807) is 24.3 Å². The maximum Gasteiger partial charge on any atom is 0.275 e. The van der Waals surface area contributed by atoms with Crippen molar-refractivity contribution < 1.29 is 9.90 Å². The summed E-state index contributed by atoms with van der Waals surface area (Å²) >= 11 is 11.6. The van der Waals surface area contributed by atoms with Crippen LogP contribution in [0.25, 0.3) is 0 Å². The standard InChI is InChI=1S/C14H10Cl2N2O2/c15-10-3-1-2-9(6-10)8-17-18-14(20)12-7-11(16)4-5-13(12)19/h1-8,19H,(H,18,20)/b17-8+. The third-order valence-corrected chi connectivity index (χ3v) is 2.90. The second-order valence-corrected chi connectivity index (χ2v) is 4.79. The molecule has 0 spiro atoms. The van der Waals surface area contributed by atoms with E-state index in [4.69, 9.17) is 23.2 Å². The van der Waals surface area contributed by atoms with Gasteiger partial charge in [0.2, 0.25) is 0 Å². The molecule has 102 valence electrons. The molecule has 0 unspecified atom stereocenters. The molecule has 0 atom stereocenters. The van der Waals surface area contributed by atoms with Gasteiger partial charge in [-0.1, -0.05) is 35.3 Å². The van der Waals surface area contributed by atoms with Crippen LogP contribution in [0.3, 0.4) is 0 Å². The van der Waals surface area contributed by atoms with Gasteiger partial charge >= 0.3 is 0 Å². The van der Waals surface area contributed by atoms with Crippen molar-refractivity contribution in [1.82, 2.24) is 5.43 Å². The van der Waals surface area contributed by atoms with Gasteiger partial charge in [0.25, 0.3) is 5.91 Å². The molecule has 6 heteroatoms. The smallest absolute Gasteiger partial charge is 0.275 e. The van der Waals surface area contributed by atoms with Gasteiger partial charge < -0.3 is 5.11 Å². The number of halogens is 2. The third kappa shape index (κ3) is 3.73. The maximum absolute atomic E-state index is 11.8. The zero-order chi connectivity index (χ0) is 14.5. The minimum absolute atomic E-state index is 0.0562. The SMILES string of the molecule is O=C(N/N=C/c1cccc(Cl)c1)c1cc(Cl)ccc1O. The Kier molecular flexibility index (Phi) is 4.61. The van der Waals surface area contributed by atoms with Gasteiger partial charge in [0, 0.05) is 10.0 Å². The van der Waals surface area contributed by atoms with Gasteiger partial charge in [0.15, 0.2) is 0 Å². The van der Waals surface area contributed by atoms with Crippen LogP contribution in [0, 0.1) is 0 Å². The lowest BCUT2D eigenvalue weighted by atomic mass is 10.2. The topological polar surface area (TPSA) is 61.7 Å². The molecule has 0 aliphatic rings. The van der Waals surface area contributed by atoms with E-state index in [0.717, 1.165) is 5.56 Å². The van der Waals surface area contributed by atoms with E-state index < -0.39 is 5.91 Å². The van der Waals surface area contributed by atoms with Crippen molar-refractivity contribution in [2.45, 2.75) is 0 Å². The number of carbonyl (C=O) groups excluding carboxylic acids is 1. The first-order valence-electron chi connectivity index (χ1n) is 5.64. The van der Waals surface area contributed by atoms with Gasteiger partial charge in [-0.15, -0.1) is 0 Å². The minimum atomic E-state index is -0.553. The molecular formula is C14H10Cl2N2O2. The highest BCUT2D eigenvalue weighted by atomic mass is 35.5. The van der Waals surface area contributed by atoms with Gasteiger partial charge in [-0.25, -0.2) is 5.43 Å². The summed E-state index contributed by atoms with van der Waals surface area (Å²) in [6.45, 7) is 0. The molecule has 20 heavy (non-hydrogen) atoms. The van der Waals surface area contributed by atoms with E-state index >= 15 is 0 Å². The lowest BCUT2D eigenvalue weighted by molar-refractivity contribution is 0.0952. The number of rotatable bonds is 3. The zero-order valence-electron chi connectivity index (χ0n) is 10.2. The number of carbonyl (C=O) groups is 1. The average molecular weight is 309 g/mol. The van der Waals surface area contributed by atoms with E-state index in [1.807, 2.05) is 0 Å². The summed E-state index contributed by atoms with van der Waals surface area (Å²) in [6.07, 6.45) is 1.45. The number of hydrazone groups is 1. The summed E-state index contributed by atoms with van der Waals surface area (Å²) in [6, 6.07) is 11.2. The quantitative estimate of drug-likeness (QED) is 0.674. The number of amides is 1. The second kappa shape index (κ2) is 6.41. The van der Waals surface area contributed by atoms with Crippen LogP contribution in [0.1, 0.15) is 15.9 Å². The molecule has 0 aliphatic heterocycles. The van der Waals surface area contributed by atoms with Gasteiger partial charge in [0.1, 0.15) is 5.75 Å². The van der Waals surface area contributed by atoms with Crippen LogP contribution in [0.4, 0.5) is 0 Å². The molecule has 2 aromatic rings. The molecule has 0 saturated carbocycles. The highest BCUT2D eigenvalue weighted by Crippen LogP contribution is 2.21. The fraction of sp³-hybridized carbons (Fsp3) is 0. The monoisotopic (exact) mass is 308 g/mol. The first-order chi connectivity index (χ1) is 9.56. The van der Waals surface area contributed by atoms with Crippen molar-refractivity contribution in [3.8, 4) is 5.75 Å². The predicted molar refractivity (Wildman–Crippen MR) is 79.6 cm³/mol. The van der Waals surface area contributed by atoms with E-state index in [9.17, 15) is 9.90 Å². The van der Waals surface area contributed by atoms with Gasteiger partial charge in [0.05, 0.1) is 11.8 Å². The molecule has 0 bridgehead atoms. The number of nitrogens with one attached hydrogen (secondary N) is 1. The Hall–Kier alpha value is -2.04. The largest absolute Gasteiger partial charge is 0.507 e. The average Bonchev–Trinajstić information content (AvgIpc) is 2.41. The minimum Gasteiger partial charge on any atom is -0.507 e. The predicted octanol–water partition coefficient (Wildman–Crippen LogP) is 3.46. The van der Waals surface area contributed by atoms with Crippen molar-refractivity contribution in [2.75, 3.05) is 0 Å². The highest BCUT2D eigenvalue weighted by molar-refractivity contribution is 6.31. The molecular weight excluding hydrogens is 299 g/mol. The highest BCUT2D eigenvalue weighted by Gasteiger charge is 2.10. The van der Waals surface area contributed by atoms with Crippen molar-refractivity contribution >= 4 is 35.3 Å². The fourth-order valence-electron chi connectivity index (χ4n) is 1.50. The summed E-state index contributed by atoms with van der Waals surface area (Å²) in [5.41, 5.74) is 3.10. The number of aromatic hydroxyl groups is 1. The van der Waals surface area contributed by atoms with E-state index in [2.05, 4.69) is 10.5 Å². The molecule has 2 N–H and O–H groups in total. The molecule has 0 aliphatic carbocycles. The first-order valence-corrected chi connectivity index (χ1v) is 6.39. The Bertz CT molecular complexity index is 672. The number of phenolic OH excluding ortho intramolecular Hbond substituents is 1. The maximum atomic E-state index is 11.8.